The van der Waals surface area contributed by atoms with Gasteiger partial charge < -0.3 is 5.32 Å². The second-order valence-corrected chi connectivity index (χ2v) is 6.18. The average molecular weight is 297 g/mol. The van der Waals surface area contributed by atoms with E-state index in [0.717, 1.165) is 30.5 Å². The Balaban J connectivity index is 1.83. The number of halogens is 1. The number of nitro benzene ring substituents is 1. The molecule has 0 saturated heterocycles. The summed E-state index contributed by atoms with van der Waals surface area (Å²) in [5.74, 6) is 1.64. The van der Waals surface area contributed by atoms with Gasteiger partial charge in [0.1, 0.15) is 0 Å². The molecule has 20 heavy (non-hydrogen) atoms. The predicted molar refractivity (Wildman–Crippen MR) is 82.3 cm³/mol. The molecule has 1 saturated carbocycles. The van der Waals surface area contributed by atoms with E-state index in [4.69, 9.17) is 11.6 Å². The first-order valence-corrected chi connectivity index (χ1v) is 7.62. The molecule has 1 N–H and O–H groups in total. The molecule has 0 heterocycles. The van der Waals surface area contributed by atoms with Crippen molar-refractivity contribution in [2.24, 2.45) is 11.8 Å². The highest BCUT2D eigenvalue weighted by atomic mass is 35.5. The van der Waals surface area contributed by atoms with Crippen molar-refractivity contribution in [2.45, 2.75) is 39.0 Å². The molecule has 0 radical (unpaired) electrons. The van der Waals surface area contributed by atoms with Crippen LogP contribution in [0.1, 0.15) is 39.0 Å². The second-order valence-electron chi connectivity index (χ2n) is 5.77. The molecule has 0 spiro atoms. The predicted octanol–water partition coefficient (Wildman–Crippen LogP) is 4.88. The summed E-state index contributed by atoms with van der Waals surface area (Å²) < 4.78 is 0. The number of hydrogen-bond acceptors (Lipinski definition) is 3. The minimum absolute atomic E-state index is 0.0293. The van der Waals surface area contributed by atoms with Crippen molar-refractivity contribution in [1.82, 2.24) is 0 Å². The Kier molecular flexibility index (Phi) is 5.24. The SMILES string of the molecule is CC1CCCC(CCNc2ccc([N+](=O)[O-])cc2Cl)C1. The maximum Gasteiger partial charge on any atom is 0.271 e. The van der Waals surface area contributed by atoms with Crippen LogP contribution in [0.2, 0.25) is 5.02 Å². The van der Waals surface area contributed by atoms with Crippen LogP contribution in [0.25, 0.3) is 0 Å². The standard InChI is InChI=1S/C15H21ClN2O2/c1-11-3-2-4-12(9-11)7-8-17-15-6-5-13(18(19)20)10-14(15)16/h5-6,10-12,17H,2-4,7-9H2,1H3. The molecule has 4 nitrogen and oxygen atoms in total. The van der Waals surface area contributed by atoms with Crippen LogP contribution in [0, 0.1) is 22.0 Å². The first-order chi connectivity index (χ1) is 9.56. The lowest BCUT2D eigenvalue weighted by Crippen LogP contribution is -2.16. The minimum Gasteiger partial charge on any atom is -0.384 e. The third kappa shape index (κ3) is 4.10. The summed E-state index contributed by atoms with van der Waals surface area (Å²) in [6.07, 6.45) is 6.47. The van der Waals surface area contributed by atoms with Gasteiger partial charge in [-0.2, -0.15) is 0 Å². The van der Waals surface area contributed by atoms with Crippen LogP contribution in [0.4, 0.5) is 11.4 Å². The lowest BCUT2D eigenvalue weighted by Gasteiger charge is -2.26. The quantitative estimate of drug-likeness (QED) is 0.622. The van der Waals surface area contributed by atoms with Gasteiger partial charge in [0.05, 0.1) is 15.6 Å². The number of benzene rings is 1. The topological polar surface area (TPSA) is 55.2 Å². The largest absolute Gasteiger partial charge is 0.384 e. The van der Waals surface area contributed by atoms with Crippen LogP contribution in [-0.4, -0.2) is 11.5 Å². The van der Waals surface area contributed by atoms with Gasteiger partial charge in [-0.1, -0.05) is 37.8 Å². The number of nitrogens with zero attached hydrogens (tertiary/aromatic N) is 1. The third-order valence-corrected chi connectivity index (χ3v) is 4.39. The molecular weight excluding hydrogens is 276 g/mol. The number of non-ortho nitro benzene ring substituents is 1. The highest BCUT2D eigenvalue weighted by Crippen LogP contribution is 2.31. The molecule has 2 atom stereocenters. The smallest absolute Gasteiger partial charge is 0.271 e. The minimum atomic E-state index is -0.431. The molecule has 5 heteroatoms. The summed E-state index contributed by atoms with van der Waals surface area (Å²) in [4.78, 5) is 10.2. The van der Waals surface area contributed by atoms with E-state index in [9.17, 15) is 10.1 Å². The maximum atomic E-state index is 10.6. The van der Waals surface area contributed by atoms with E-state index in [1.165, 1.54) is 37.8 Å². The molecule has 0 aliphatic heterocycles. The Morgan fingerprint density at radius 1 is 1.45 bits per heavy atom. The fourth-order valence-corrected chi connectivity index (χ4v) is 3.24. The van der Waals surface area contributed by atoms with Crippen molar-refractivity contribution >= 4 is 23.0 Å². The Morgan fingerprint density at radius 3 is 2.90 bits per heavy atom. The zero-order chi connectivity index (χ0) is 14.5. The van der Waals surface area contributed by atoms with Crippen LogP contribution >= 0.6 is 11.6 Å². The highest BCUT2D eigenvalue weighted by molar-refractivity contribution is 6.33. The van der Waals surface area contributed by atoms with Gasteiger partial charge in [0, 0.05) is 18.7 Å². The van der Waals surface area contributed by atoms with Gasteiger partial charge in [-0.3, -0.25) is 10.1 Å². The molecule has 0 aromatic heterocycles. The van der Waals surface area contributed by atoms with Crippen molar-refractivity contribution in [3.63, 3.8) is 0 Å². The summed E-state index contributed by atoms with van der Waals surface area (Å²) in [5, 5.41) is 14.3. The Morgan fingerprint density at radius 2 is 2.25 bits per heavy atom. The van der Waals surface area contributed by atoms with E-state index in [1.54, 1.807) is 6.07 Å². The van der Waals surface area contributed by atoms with Gasteiger partial charge in [0.15, 0.2) is 0 Å². The molecule has 1 aromatic carbocycles. The average Bonchev–Trinajstić information content (AvgIpc) is 2.40. The maximum absolute atomic E-state index is 10.6. The van der Waals surface area contributed by atoms with Gasteiger partial charge >= 0.3 is 0 Å². The number of nitro groups is 1. The molecular formula is C15H21ClN2O2. The first kappa shape index (κ1) is 15.1. The van der Waals surface area contributed by atoms with Crippen LogP contribution in [0.5, 0.6) is 0 Å². The fourth-order valence-electron chi connectivity index (χ4n) is 2.99. The monoisotopic (exact) mass is 296 g/mol. The van der Waals surface area contributed by atoms with Gasteiger partial charge in [0.25, 0.3) is 5.69 Å². The number of rotatable bonds is 5. The third-order valence-electron chi connectivity index (χ3n) is 4.08. The van der Waals surface area contributed by atoms with E-state index in [2.05, 4.69) is 12.2 Å². The normalized spacial score (nSPS) is 22.5. The Bertz CT molecular complexity index is 479. The van der Waals surface area contributed by atoms with Gasteiger partial charge in [0.2, 0.25) is 0 Å². The molecule has 1 aliphatic rings. The summed E-state index contributed by atoms with van der Waals surface area (Å²) in [6.45, 7) is 3.20. The van der Waals surface area contributed by atoms with Crippen LogP contribution < -0.4 is 5.32 Å². The summed E-state index contributed by atoms with van der Waals surface area (Å²) in [5.41, 5.74) is 0.808. The fraction of sp³-hybridized carbons (Fsp3) is 0.600. The van der Waals surface area contributed by atoms with Crippen LogP contribution in [0.15, 0.2) is 18.2 Å². The first-order valence-electron chi connectivity index (χ1n) is 7.24. The molecule has 0 amide bonds. The highest BCUT2D eigenvalue weighted by Gasteiger charge is 2.18. The Labute approximate surface area is 124 Å². The van der Waals surface area contributed by atoms with Gasteiger partial charge in [-0.15, -0.1) is 0 Å². The molecule has 2 rings (SSSR count). The van der Waals surface area contributed by atoms with E-state index in [0.29, 0.717) is 5.02 Å². The summed E-state index contributed by atoms with van der Waals surface area (Å²) in [6, 6.07) is 4.56. The molecule has 1 fully saturated rings. The van der Waals surface area contributed by atoms with Crippen molar-refractivity contribution in [2.75, 3.05) is 11.9 Å². The molecule has 0 bridgehead atoms. The van der Waals surface area contributed by atoms with Crippen LogP contribution in [-0.2, 0) is 0 Å². The lowest BCUT2D eigenvalue weighted by molar-refractivity contribution is -0.384. The van der Waals surface area contributed by atoms with Gasteiger partial charge in [-0.05, 0) is 30.7 Å². The van der Waals surface area contributed by atoms with Crippen molar-refractivity contribution < 1.29 is 4.92 Å². The van der Waals surface area contributed by atoms with E-state index in [-0.39, 0.29) is 5.69 Å². The summed E-state index contributed by atoms with van der Waals surface area (Å²) in [7, 11) is 0. The lowest BCUT2D eigenvalue weighted by atomic mass is 9.81. The molecule has 1 aliphatic carbocycles. The molecule has 1 aromatic rings. The van der Waals surface area contributed by atoms with Crippen molar-refractivity contribution in [1.29, 1.82) is 0 Å². The Hall–Kier alpha value is -1.29. The zero-order valence-corrected chi connectivity index (χ0v) is 12.5. The summed E-state index contributed by atoms with van der Waals surface area (Å²) >= 11 is 6.05. The van der Waals surface area contributed by atoms with Gasteiger partial charge in [-0.25, -0.2) is 0 Å². The zero-order valence-electron chi connectivity index (χ0n) is 11.8. The second kappa shape index (κ2) is 6.93. The number of nitrogens with one attached hydrogen (secondary N) is 1. The number of hydrogen-bond donors (Lipinski definition) is 1. The van der Waals surface area contributed by atoms with E-state index < -0.39 is 4.92 Å². The van der Waals surface area contributed by atoms with Crippen molar-refractivity contribution in [3.8, 4) is 0 Å². The van der Waals surface area contributed by atoms with Crippen LogP contribution in [0.3, 0.4) is 0 Å². The molecule has 2 unspecified atom stereocenters. The number of anilines is 1. The molecule has 110 valence electrons. The van der Waals surface area contributed by atoms with E-state index >= 15 is 0 Å². The van der Waals surface area contributed by atoms with E-state index in [1.807, 2.05) is 0 Å². The van der Waals surface area contributed by atoms with Crippen molar-refractivity contribution in [3.05, 3.63) is 33.3 Å².